The number of ether oxygens (including phenoxy) is 1. The molecule has 90 valence electrons. The van der Waals surface area contributed by atoms with Crippen LogP contribution in [0.4, 0.5) is 4.39 Å². The van der Waals surface area contributed by atoms with Crippen molar-refractivity contribution in [3.63, 3.8) is 0 Å². The zero-order valence-corrected chi connectivity index (χ0v) is 10.1. The number of hydrogen-bond donors (Lipinski definition) is 1. The van der Waals surface area contributed by atoms with Crippen molar-refractivity contribution in [1.82, 2.24) is 5.32 Å². The van der Waals surface area contributed by atoms with Crippen LogP contribution in [0, 0.1) is 5.82 Å². The van der Waals surface area contributed by atoms with Gasteiger partial charge in [0.25, 0.3) is 0 Å². The summed E-state index contributed by atoms with van der Waals surface area (Å²) in [5, 5.41) is 3.30. The lowest BCUT2D eigenvalue weighted by molar-refractivity contribution is -0.0391. The Labute approximate surface area is 102 Å². The summed E-state index contributed by atoms with van der Waals surface area (Å²) in [5.41, 5.74) is 0.853. The second-order valence-corrected chi connectivity index (χ2v) is 3.96. The van der Waals surface area contributed by atoms with E-state index in [1.807, 2.05) is 12.1 Å². The minimum absolute atomic E-state index is 0. The first-order valence-corrected chi connectivity index (χ1v) is 5.29. The number of hydrogen-bond acceptors (Lipinski definition) is 2. The first kappa shape index (κ1) is 13.4. The molecule has 1 heterocycles. The highest BCUT2D eigenvalue weighted by Crippen LogP contribution is 2.33. The molecule has 2 nitrogen and oxygen atoms in total. The molecule has 0 unspecified atom stereocenters. The van der Waals surface area contributed by atoms with Crippen LogP contribution >= 0.6 is 12.4 Å². The van der Waals surface area contributed by atoms with E-state index < -0.39 is 0 Å². The van der Waals surface area contributed by atoms with Gasteiger partial charge in [0.05, 0.1) is 5.60 Å². The maximum absolute atomic E-state index is 12.8. The van der Waals surface area contributed by atoms with E-state index in [4.69, 9.17) is 4.74 Å². The van der Waals surface area contributed by atoms with E-state index in [0.29, 0.717) is 0 Å². The molecule has 16 heavy (non-hydrogen) atoms. The molecule has 0 radical (unpaired) electrons. The van der Waals surface area contributed by atoms with Gasteiger partial charge in [0.2, 0.25) is 0 Å². The quantitative estimate of drug-likeness (QED) is 0.864. The number of methoxy groups -OCH3 is 1. The monoisotopic (exact) mass is 245 g/mol. The predicted octanol–water partition coefficient (Wildman–Crippen LogP) is 2.47. The minimum atomic E-state index is -0.223. The fourth-order valence-electron chi connectivity index (χ4n) is 2.19. The van der Waals surface area contributed by atoms with E-state index in [1.165, 1.54) is 12.1 Å². The van der Waals surface area contributed by atoms with Gasteiger partial charge in [0.1, 0.15) is 5.82 Å². The summed E-state index contributed by atoms with van der Waals surface area (Å²) >= 11 is 0. The van der Waals surface area contributed by atoms with Crippen LogP contribution in [0.1, 0.15) is 18.4 Å². The first-order valence-electron chi connectivity index (χ1n) is 5.29. The molecule has 0 saturated carbocycles. The molecule has 1 aromatic rings. The van der Waals surface area contributed by atoms with Gasteiger partial charge < -0.3 is 10.1 Å². The van der Waals surface area contributed by atoms with Crippen molar-refractivity contribution in [2.75, 3.05) is 20.2 Å². The highest BCUT2D eigenvalue weighted by molar-refractivity contribution is 5.85. The van der Waals surface area contributed by atoms with Crippen LogP contribution in [0.3, 0.4) is 0 Å². The van der Waals surface area contributed by atoms with E-state index >= 15 is 0 Å². The molecular weight excluding hydrogens is 229 g/mol. The molecule has 0 bridgehead atoms. The molecular formula is C12H17ClFNO. The third-order valence-corrected chi connectivity index (χ3v) is 3.17. The van der Waals surface area contributed by atoms with Gasteiger partial charge in [-0.2, -0.15) is 0 Å². The molecule has 0 spiro atoms. The van der Waals surface area contributed by atoms with Crippen LogP contribution in [-0.4, -0.2) is 20.2 Å². The van der Waals surface area contributed by atoms with Crippen molar-refractivity contribution in [1.29, 1.82) is 0 Å². The van der Waals surface area contributed by atoms with E-state index in [-0.39, 0.29) is 23.8 Å². The molecule has 0 atom stereocenters. The topological polar surface area (TPSA) is 21.3 Å². The summed E-state index contributed by atoms with van der Waals surface area (Å²) in [6.07, 6.45) is 1.88. The first-order chi connectivity index (χ1) is 7.27. The molecule has 1 saturated heterocycles. The lowest BCUT2D eigenvalue weighted by atomic mass is 9.85. The van der Waals surface area contributed by atoms with Gasteiger partial charge in [-0.25, -0.2) is 4.39 Å². The second kappa shape index (κ2) is 5.62. The molecule has 1 aliphatic rings. The number of halogens is 2. The highest BCUT2D eigenvalue weighted by atomic mass is 35.5. The zero-order chi connectivity index (χ0) is 10.7. The van der Waals surface area contributed by atoms with Crippen molar-refractivity contribution >= 4 is 12.4 Å². The summed E-state index contributed by atoms with van der Waals surface area (Å²) in [4.78, 5) is 0. The third kappa shape index (κ3) is 2.54. The Balaban J connectivity index is 0.00000128. The molecule has 2 rings (SSSR count). The van der Waals surface area contributed by atoms with Crippen molar-refractivity contribution in [2.45, 2.75) is 18.4 Å². The van der Waals surface area contributed by atoms with Gasteiger partial charge in [0.15, 0.2) is 0 Å². The standard InChI is InChI=1S/C12H16FNO.ClH/c1-15-12(6-8-14-9-7-12)10-2-4-11(13)5-3-10;/h2-5,14H,6-9H2,1H3;1H. The second-order valence-electron chi connectivity index (χ2n) is 3.96. The van der Waals surface area contributed by atoms with E-state index in [0.717, 1.165) is 31.5 Å². The fourth-order valence-corrected chi connectivity index (χ4v) is 2.19. The van der Waals surface area contributed by atoms with Crippen molar-refractivity contribution in [2.24, 2.45) is 0 Å². The molecule has 1 aromatic carbocycles. The Morgan fingerprint density at radius 1 is 1.19 bits per heavy atom. The Kier molecular flexibility index (Phi) is 4.71. The normalized spacial score (nSPS) is 18.9. The molecule has 1 aliphatic heterocycles. The zero-order valence-electron chi connectivity index (χ0n) is 9.33. The van der Waals surface area contributed by atoms with Crippen LogP contribution in [0.5, 0.6) is 0 Å². The maximum atomic E-state index is 12.8. The summed E-state index contributed by atoms with van der Waals surface area (Å²) < 4.78 is 18.5. The fraction of sp³-hybridized carbons (Fsp3) is 0.500. The average Bonchev–Trinajstić information content (AvgIpc) is 2.31. The van der Waals surface area contributed by atoms with Crippen LogP contribution in [0.2, 0.25) is 0 Å². The maximum Gasteiger partial charge on any atom is 0.123 e. The smallest absolute Gasteiger partial charge is 0.123 e. The van der Waals surface area contributed by atoms with Gasteiger partial charge >= 0.3 is 0 Å². The van der Waals surface area contributed by atoms with Crippen LogP contribution < -0.4 is 5.32 Å². The SMILES string of the molecule is COC1(c2ccc(F)cc2)CCNCC1.Cl. The Morgan fingerprint density at radius 3 is 2.25 bits per heavy atom. The lowest BCUT2D eigenvalue weighted by Gasteiger charge is -2.36. The Bertz CT molecular complexity index is 322. The van der Waals surface area contributed by atoms with E-state index in [9.17, 15) is 4.39 Å². The molecule has 4 heteroatoms. The summed E-state index contributed by atoms with van der Waals surface area (Å²) in [7, 11) is 1.73. The molecule has 1 fully saturated rings. The number of piperidine rings is 1. The van der Waals surface area contributed by atoms with Crippen LogP contribution in [0.15, 0.2) is 24.3 Å². The van der Waals surface area contributed by atoms with Crippen molar-refractivity contribution in [3.05, 3.63) is 35.6 Å². The van der Waals surface area contributed by atoms with Gasteiger partial charge in [-0.3, -0.25) is 0 Å². The number of rotatable bonds is 2. The molecule has 1 N–H and O–H groups in total. The van der Waals surface area contributed by atoms with Gasteiger partial charge in [0, 0.05) is 7.11 Å². The summed E-state index contributed by atoms with van der Waals surface area (Å²) in [6.45, 7) is 1.90. The number of benzene rings is 1. The third-order valence-electron chi connectivity index (χ3n) is 3.17. The summed E-state index contributed by atoms with van der Waals surface area (Å²) in [6, 6.07) is 6.64. The molecule has 0 amide bonds. The van der Waals surface area contributed by atoms with Crippen molar-refractivity contribution < 1.29 is 9.13 Å². The number of nitrogens with one attached hydrogen (secondary N) is 1. The van der Waals surface area contributed by atoms with Crippen LogP contribution in [-0.2, 0) is 10.3 Å². The average molecular weight is 246 g/mol. The van der Waals surface area contributed by atoms with Gasteiger partial charge in [-0.15, -0.1) is 12.4 Å². The van der Waals surface area contributed by atoms with Crippen LogP contribution in [0.25, 0.3) is 0 Å². The molecule has 0 aliphatic carbocycles. The highest BCUT2D eigenvalue weighted by Gasteiger charge is 2.33. The van der Waals surface area contributed by atoms with Gasteiger partial charge in [-0.05, 0) is 43.6 Å². The predicted molar refractivity (Wildman–Crippen MR) is 64.4 cm³/mol. The van der Waals surface area contributed by atoms with E-state index in [2.05, 4.69) is 5.32 Å². The molecule has 0 aromatic heterocycles. The Hall–Kier alpha value is -0.640. The largest absolute Gasteiger partial charge is 0.373 e. The van der Waals surface area contributed by atoms with Gasteiger partial charge in [-0.1, -0.05) is 12.1 Å². The minimum Gasteiger partial charge on any atom is -0.373 e. The van der Waals surface area contributed by atoms with E-state index in [1.54, 1.807) is 7.11 Å². The lowest BCUT2D eigenvalue weighted by Crippen LogP contribution is -2.41. The Morgan fingerprint density at radius 2 is 1.75 bits per heavy atom. The van der Waals surface area contributed by atoms with Crippen molar-refractivity contribution in [3.8, 4) is 0 Å². The summed E-state index contributed by atoms with van der Waals surface area (Å²) in [5.74, 6) is -0.195.